The van der Waals surface area contributed by atoms with E-state index in [1.54, 1.807) is 0 Å². The summed E-state index contributed by atoms with van der Waals surface area (Å²) in [4.78, 5) is 2.51. The van der Waals surface area contributed by atoms with Crippen molar-refractivity contribution in [2.75, 3.05) is 18.0 Å². The van der Waals surface area contributed by atoms with E-state index in [1.807, 2.05) is 0 Å². The van der Waals surface area contributed by atoms with Crippen LogP contribution in [0.5, 0.6) is 0 Å². The lowest BCUT2D eigenvalue weighted by atomic mass is 10.0. The van der Waals surface area contributed by atoms with Crippen LogP contribution in [0.1, 0.15) is 18.4 Å². The molecule has 1 atom stereocenters. The van der Waals surface area contributed by atoms with Gasteiger partial charge < -0.3 is 4.90 Å². The SMILES string of the molecule is Cc1ccc(N(c2ccccc2)C2CCN(P)CC2)cc1. The summed E-state index contributed by atoms with van der Waals surface area (Å²) in [5.74, 6) is 0. The third kappa shape index (κ3) is 3.45. The molecule has 1 heterocycles. The van der Waals surface area contributed by atoms with Crippen LogP contribution < -0.4 is 4.90 Å². The number of anilines is 2. The van der Waals surface area contributed by atoms with Crippen LogP contribution >= 0.6 is 9.39 Å². The van der Waals surface area contributed by atoms with Gasteiger partial charge in [-0.15, -0.1) is 0 Å². The molecule has 0 saturated carbocycles. The molecule has 3 heteroatoms. The van der Waals surface area contributed by atoms with E-state index in [9.17, 15) is 0 Å². The van der Waals surface area contributed by atoms with Crippen LogP contribution in [0.4, 0.5) is 11.4 Å². The maximum atomic E-state index is 2.83. The molecule has 2 aromatic carbocycles. The third-order valence-corrected chi connectivity index (χ3v) is 4.73. The van der Waals surface area contributed by atoms with E-state index >= 15 is 0 Å². The summed E-state index contributed by atoms with van der Waals surface area (Å²) >= 11 is 0. The highest BCUT2D eigenvalue weighted by Gasteiger charge is 2.24. The van der Waals surface area contributed by atoms with Gasteiger partial charge in [-0.25, -0.2) is 0 Å². The van der Waals surface area contributed by atoms with E-state index < -0.39 is 0 Å². The third-order valence-electron chi connectivity index (χ3n) is 4.21. The Morgan fingerprint density at radius 2 is 1.48 bits per heavy atom. The second-order valence-electron chi connectivity index (χ2n) is 5.81. The maximum absolute atomic E-state index is 2.83. The molecular formula is C18H23N2P. The molecule has 0 aromatic heterocycles. The van der Waals surface area contributed by atoms with Crippen molar-refractivity contribution in [2.24, 2.45) is 0 Å². The van der Waals surface area contributed by atoms with E-state index in [-0.39, 0.29) is 0 Å². The standard InChI is InChI=1S/C18H23N2P/c1-15-7-9-17(10-8-15)20(16-5-3-2-4-6-16)18-11-13-19(21)14-12-18/h2-10,18H,11-14,21H2,1H3. The minimum Gasteiger partial charge on any atom is -0.338 e. The second-order valence-corrected chi connectivity index (χ2v) is 6.54. The van der Waals surface area contributed by atoms with Crippen molar-refractivity contribution in [3.05, 3.63) is 60.2 Å². The van der Waals surface area contributed by atoms with Crippen LogP contribution in [-0.2, 0) is 0 Å². The second kappa shape index (κ2) is 6.60. The first-order chi connectivity index (χ1) is 10.2. The summed E-state index contributed by atoms with van der Waals surface area (Å²) in [7, 11) is 2.83. The van der Waals surface area contributed by atoms with E-state index in [0.29, 0.717) is 6.04 Å². The number of piperidine rings is 1. The highest BCUT2D eigenvalue weighted by Crippen LogP contribution is 2.32. The van der Waals surface area contributed by atoms with E-state index in [1.165, 1.54) is 29.8 Å². The zero-order valence-corrected chi connectivity index (χ0v) is 13.7. The Bertz CT molecular complexity index is 560. The lowest BCUT2D eigenvalue weighted by Gasteiger charge is -2.38. The van der Waals surface area contributed by atoms with E-state index in [2.05, 4.69) is 80.5 Å². The Labute approximate surface area is 130 Å². The molecule has 0 spiro atoms. The van der Waals surface area contributed by atoms with Gasteiger partial charge in [-0.2, -0.15) is 0 Å². The molecular weight excluding hydrogens is 275 g/mol. The molecule has 110 valence electrons. The van der Waals surface area contributed by atoms with Crippen LogP contribution in [0.3, 0.4) is 0 Å². The quantitative estimate of drug-likeness (QED) is 0.776. The van der Waals surface area contributed by atoms with Crippen LogP contribution in [0.2, 0.25) is 0 Å². The summed E-state index contributed by atoms with van der Waals surface area (Å²) in [5.41, 5.74) is 3.91. The molecule has 21 heavy (non-hydrogen) atoms. The highest BCUT2D eigenvalue weighted by molar-refractivity contribution is 7.13. The zero-order chi connectivity index (χ0) is 14.7. The lowest BCUT2D eigenvalue weighted by molar-refractivity contribution is 0.343. The summed E-state index contributed by atoms with van der Waals surface area (Å²) in [5, 5.41) is 0. The van der Waals surface area contributed by atoms with Crippen LogP contribution in [0.25, 0.3) is 0 Å². The van der Waals surface area contributed by atoms with Gasteiger partial charge in [0.05, 0.1) is 0 Å². The first-order valence-electron chi connectivity index (χ1n) is 7.64. The Morgan fingerprint density at radius 3 is 2.10 bits per heavy atom. The van der Waals surface area contributed by atoms with Crippen molar-refractivity contribution < 1.29 is 0 Å². The van der Waals surface area contributed by atoms with Gasteiger partial charge in [0.25, 0.3) is 0 Å². The zero-order valence-electron chi connectivity index (χ0n) is 12.6. The van der Waals surface area contributed by atoms with Crippen LogP contribution in [0, 0.1) is 6.92 Å². The molecule has 0 bridgehead atoms. The first-order valence-corrected chi connectivity index (χ1v) is 8.16. The number of aryl methyl sites for hydroxylation is 1. The fourth-order valence-corrected chi connectivity index (χ4v) is 3.31. The van der Waals surface area contributed by atoms with Gasteiger partial charge in [0.15, 0.2) is 0 Å². The number of hydrogen-bond donors (Lipinski definition) is 0. The van der Waals surface area contributed by atoms with Crippen molar-refractivity contribution in [1.29, 1.82) is 0 Å². The van der Waals surface area contributed by atoms with Gasteiger partial charge >= 0.3 is 0 Å². The fourth-order valence-electron chi connectivity index (χ4n) is 3.01. The molecule has 0 N–H and O–H groups in total. The first kappa shape index (κ1) is 14.6. The van der Waals surface area contributed by atoms with Gasteiger partial charge in [-0.05, 0) is 44.0 Å². The fraction of sp³-hybridized carbons (Fsp3) is 0.333. The summed E-state index contributed by atoms with van der Waals surface area (Å²) < 4.78 is 2.34. The summed E-state index contributed by atoms with van der Waals surface area (Å²) in [6, 6.07) is 20.2. The Hall–Kier alpha value is -1.37. The van der Waals surface area contributed by atoms with E-state index in [0.717, 1.165) is 13.1 Å². The van der Waals surface area contributed by atoms with E-state index in [4.69, 9.17) is 0 Å². The largest absolute Gasteiger partial charge is 0.338 e. The van der Waals surface area contributed by atoms with Crippen LogP contribution in [-0.4, -0.2) is 23.8 Å². The maximum Gasteiger partial charge on any atom is 0.0413 e. The molecule has 0 radical (unpaired) electrons. The number of para-hydroxylation sites is 1. The molecule has 2 nitrogen and oxygen atoms in total. The molecule has 1 aliphatic heterocycles. The van der Waals surface area contributed by atoms with Gasteiger partial charge in [0.2, 0.25) is 0 Å². The average molecular weight is 298 g/mol. The van der Waals surface area contributed by atoms with Gasteiger partial charge in [-0.3, -0.25) is 4.67 Å². The van der Waals surface area contributed by atoms with Crippen LogP contribution in [0.15, 0.2) is 54.6 Å². The Morgan fingerprint density at radius 1 is 0.905 bits per heavy atom. The molecule has 0 amide bonds. The number of benzene rings is 2. The molecule has 2 aromatic rings. The Balaban J connectivity index is 1.93. The Kier molecular flexibility index (Phi) is 4.57. The van der Waals surface area contributed by atoms with Crippen molar-refractivity contribution in [2.45, 2.75) is 25.8 Å². The molecule has 0 aliphatic carbocycles. The minimum atomic E-state index is 0.576. The minimum absolute atomic E-state index is 0.576. The highest BCUT2D eigenvalue weighted by atomic mass is 31.0. The topological polar surface area (TPSA) is 6.48 Å². The lowest BCUT2D eigenvalue weighted by Crippen LogP contribution is -2.39. The normalized spacial score (nSPS) is 16.9. The molecule has 1 saturated heterocycles. The molecule has 1 unspecified atom stereocenters. The predicted molar refractivity (Wildman–Crippen MR) is 94.1 cm³/mol. The van der Waals surface area contributed by atoms with Crippen molar-refractivity contribution in [3.63, 3.8) is 0 Å². The smallest absolute Gasteiger partial charge is 0.0413 e. The summed E-state index contributed by atoms with van der Waals surface area (Å²) in [6.45, 7) is 4.43. The van der Waals surface area contributed by atoms with Gasteiger partial charge in [0, 0.05) is 30.5 Å². The average Bonchev–Trinajstić information content (AvgIpc) is 2.52. The van der Waals surface area contributed by atoms with Crippen molar-refractivity contribution >= 4 is 20.8 Å². The van der Waals surface area contributed by atoms with Gasteiger partial charge in [-0.1, -0.05) is 45.3 Å². The predicted octanol–water partition coefficient (Wildman–Crippen LogP) is 4.39. The number of rotatable bonds is 3. The monoisotopic (exact) mass is 298 g/mol. The number of nitrogens with zero attached hydrogens (tertiary/aromatic N) is 2. The molecule has 1 aliphatic rings. The number of hydrogen-bond acceptors (Lipinski definition) is 2. The molecule has 1 fully saturated rings. The van der Waals surface area contributed by atoms with Crippen molar-refractivity contribution in [3.8, 4) is 0 Å². The summed E-state index contributed by atoms with van der Waals surface area (Å²) in [6.07, 6.45) is 2.40. The van der Waals surface area contributed by atoms with Gasteiger partial charge in [0.1, 0.15) is 0 Å². The molecule has 3 rings (SSSR count). The van der Waals surface area contributed by atoms with Crippen molar-refractivity contribution in [1.82, 2.24) is 4.67 Å².